The molecule has 0 aromatic carbocycles. The lowest BCUT2D eigenvalue weighted by atomic mass is 9.90. The summed E-state index contributed by atoms with van der Waals surface area (Å²) in [5.41, 5.74) is 0. The fraction of sp³-hybridized carbons (Fsp3) is 0.500. The second kappa shape index (κ2) is 3.96. The number of imidazole rings is 1. The van der Waals surface area contributed by atoms with Crippen molar-refractivity contribution in [3.8, 4) is 0 Å². The van der Waals surface area contributed by atoms with Gasteiger partial charge in [0.15, 0.2) is 0 Å². The first-order chi connectivity index (χ1) is 7.61. The van der Waals surface area contributed by atoms with E-state index in [1.54, 1.807) is 19.3 Å². The van der Waals surface area contributed by atoms with Crippen LogP contribution in [0.1, 0.15) is 19.8 Å². The standard InChI is InChI=1S/C10H13N3O3/c1-6-7(9(15)16)2-3-8(14)13(6)10-11-4-5-12-10/h4-7H,2-3H2,1H3,(H,11,12)(H,15,16)/t6-,7+/m1/s1. The van der Waals surface area contributed by atoms with Crippen molar-refractivity contribution in [2.45, 2.75) is 25.8 Å². The summed E-state index contributed by atoms with van der Waals surface area (Å²) in [5, 5.41) is 9.04. The second-order valence-corrected chi connectivity index (χ2v) is 3.90. The normalized spacial score (nSPS) is 25.8. The molecule has 0 radical (unpaired) electrons. The van der Waals surface area contributed by atoms with Gasteiger partial charge in [0.2, 0.25) is 11.9 Å². The summed E-state index contributed by atoms with van der Waals surface area (Å²) in [4.78, 5) is 31.0. The Labute approximate surface area is 92.3 Å². The average molecular weight is 223 g/mol. The maximum Gasteiger partial charge on any atom is 0.308 e. The molecule has 1 saturated heterocycles. The molecule has 16 heavy (non-hydrogen) atoms. The SMILES string of the molecule is C[C@@H]1[C@@H](C(=O)O)CCC(=O)N1c1ncc[nH]1. The highest BCUT2D eigenvalue weighted by Gasteiger charge is 2.38. The molecule has 1 amide bonds. The van der Waals surface area contributed by atoms with Gasteiger partial charge in [0.05, 0.1) is 12.0 Å². The maximum absolute atomic E-state index is 11.7. The molecule has 0 bridgehead atoms. The van der Waals surface area contributed by atoms with Gasteiger partial charge in [-0.3, -0.25) is 14.5 Å². The Kier molecular flexibility index (Phi) is 2.64. The van der Waals surface area contributed by atoms with Gasteiger partial charge in [0, 0.05) is 18.8 Å². The first kappa shape index (κ1) is 10.7. The van der Waals surface area contributed by atoms with E-state index < -0.39 is 11.9 Å². The van der Waals surface area contributed by atoms with Crippen molar-refractivity contribution >= 4 is 17.8 Å². The monoisotopic (exact) mass is 223 g/mol. The summed E-state index contributed by atoms with van der Waals surface area (Å²) in [6, 6.07) is -0.370. The summed E-state index contributed by atoms with van der Waals surface area (Å²) in [5.74, 6) is -1.05. The largest absolute Gasteiger partial charge is 0.481 e. The lowest BCUT2D eigenvalue weighted by molar-refractivity contribution is -0.143. The van der Waals surface area contributed by atoms with Gasteiger partial charge in [-0.2, -0.15) is 0 Å². The summed E-state index contributed by atoms with van der Waals surface area (Å²) < 4.78 is 0. The van der Waals surface area contributed by atoms with Crippen LogP contribution in [-0.2, 0) is 9.59 Å². The number of carbonyl (C=O) groups excluding carboxylic acids is 1. The fourth-order valence-corrected chi connectivity index (χ4v) is 2.08. The number of carboxylic acid groups (broad SMARTS) is 1. The zero-order valence-corrected chi connectivity index (χ0v) is 8.88. The molecular weight excluding hydrogens is 210 g/mol. The van der Waals surface area contributed by atoms with E-state index in [1.165, 1.54) is 4.90 Å². The van der Waals surface area contributed by atoms with Crippen molar-refractivity contribution in [2.75, 3.05) is 4.90 Å². The second-order valence-electron chi connectivity index (χ2n) is 3.90. The topological polar surface area (TPSA) is 86.3 Å². The molecule has 6 heteroatoms. The number of carboxylic acids is 1. The number of nitrogens with zero attached hydrogens (tertiary/aromatic N) is 2. The minimum atomic E-state index is -0.864. The Balaban J connectivity index is 2.28. The molecule has 2 rings (SSSR count). The number of carbonyl (C=O) groups is 2. The van der Waals surface area contributed by atoms with E-state index in [0.29, 0.717) is 12.4 Å². The molecule has 0 aliphatic carbocycles. The molecule has 1 fully saturated rings. The van der Waals surface area contributed by atoms with Crippen LogP contribution in [0.5, 0.6) is 0 Å². The smallest absolute Gasteiger partial charge is 0.308 e. The zero-order valence-electron chi connectivity index (χ0n) is 8.88. The van der Waals surface area contributed by atoms with Crippen LogP contribution < -0.4 is 4.90 Å². The predicted molar refractivity (Wildman–Crippen MR) is 55.9 cm³/mol. The van der Waals surface area contributed by atoms with Crippen LogP contribution in [0.3, 0.4) is 0 Å². The third-order valence-corrected chi connectivity index (χ3v) is 2.96. The van der Waals surface area contributed by atoms with E-state index in [2.05, 4.69) is 9.97 Å². The van der Waals surface area contributed by atoms with Crippen molar-refractivity contribution < 1.29 is 14.7 Å². The van der Waals surface area contributed by atoms with E-state index in [4.69, 9.17) is 5.11 Å². The van der Waals surface area contributed by atoms with E-state index in [-0.39, 0.29) is 18.4 Å². The summed E-state index contributed by atoms with van der Waals surface area (Å²) in [6.07, 6.45) is 3.80. The number of aromatic amines is 1. The third kappa shape index (κ3) is 1.66. The van der Waals surface area contributed by atoms with Gasteiger partial charge in [-0.05, 0) is 13.3 Å². The van der Waals surface area contributed by atoms with Gasteiger partial charge in [0.1, 0.15) is 0 Å². The van der Waals surface area contributed by atoms with E-state index in [0.717, 1.165) is 0 Å². The predicted octanol–water partition coefficient (Wildman–Crippen LogP) is 0.626. The molecule has 1 aliphatic heterocycles. The van der Waals surface area contributed by atoms with E-state index >= 15 is 0 Å². The van der Waals surface area contributed by atoms with Crippen molar-refractivity contribution in [3.05, 3.63) is 12.4 Å². The van der Waals surface area contributed by atoms with Gasteiger partial charge in [-0.15, -0.1) is 0 Å². The molecule has 6 nitrogen and oxygen atoms in total. The highest BCUT2D eigenvalue weighted by molar-refractivity contribution is 5.94. The molecule has 1 aromatic heterocycles. The first-order valence-electron chi connectivity index (χ1n) is 5.15. The van der Waals surface area contributed by atoms with Gasteiger partial charge in [-0.25, -0.2) is 4.98 Å². The van der Waals surface area contributed by atoms with Crippen LogP contribution in [0.4, 0.5) is 5.95 Å². The summed E-state index contributed by atoms with van der Waals surface area (Å²) in [7, 11) is 0. The van der Waals surface area contributed by atoms with Gasteiger partial charge >= 0.3 is 5.97 Å². The quantitative estimate of drug-likeness (QED) is 0.769. The lowest BCUT2D eigenvalue weighted by Crippen LogP contribution is -2.50. The number of hydrogen-bond acceptors (Lipinski definition) is 3. The minimum absolute atomic E-state index is 0.0834. The number of rotatable bonds is 2. The minimum Gasteiger partial charge on any atom is -0.481 e. The van der Waals surface area contributed by atoms with E-state index in [1.807, 2.05) is 0 Å². The molecule has 2 atom stereocenters. The highest BCUT2D eigenvalue weighted by atomic mass is 16.4. The summed E-state index contributed by atoms with van der Waals surface area (Å²) in [6.45, 7) is 1.73. The number of H-pyrrole nitrogens is 1. The van der Waals surface area contributed by atoms with Crippen LogP contribution in [0.2, 0.25) is 0 Å². The van der Waals surface area contributed by atoms with Crippen LogP contribution in [-0.4, -0.2) is 33.0 Å². The Hall–Kier alpha value is -1.85. The lowest BCUT2D eigenvalue weighted by Gasteiger charge is -2.35. The molecule has 2 heterocycles. The Morgan fingerprint density at radius 1 is 1.69 bits per heavy atom. The molecule has 86 valence electrons. The molecule has 0 saturated carbocycles. The van der Waals surface area contributed by atoms with Crippen LogP contribution in [0, 0.1) is 5.92 Å². The zero-order chi connectivity index (χ0) is 11.7. The summed E-state index contributed by atoms with van der Waals surface area (Å²) >= 11 is 0. The fourth-order valence-electron chi connectivity index (χ4n) is 2.08. The molecule has 1 aromatic rings. The van der Waals surface area contributed by atoms with Crippen molar-refractivity contribution in [3.63, 3.8) is 0 Å². The van der Waals surface area contributed by atoms with Crippen LogP contribution in [0.25, 0.3) is 0 Å². The van der Waals surface area contributed by atoms with Gasteiger partial charge < -0.3 is 10.1 Å². The van der Waals surface area contributed by atoms with Crippen molar-refractivity contribution in [1.29, 1.82) is 0 Å². The molecular formula is C10H13N3O3. The number of aromatic nitrogens is 2. The van der Waals surface area contributed by atoms with Crippen molar-refractivity contribution in [1.82, 2.24) is 9.97 Å². The Morgan fingerprint density at radius 2 is 2.44 bits per heavy atom. The molecule has 0 unspecified atom stereocenters. The van der Waals surface area contributed by atoms with E-state index in [9.17, 15) is 9.59 Å². The van der Waals surface area contributed by atoms with Gasteiger partial charge in [0.25, 0.3) is 0 Å². The number of anilines is 1. The number of aliphatic carboxylic acids is 1. The van der Waals surface area contributed by atoms with Crippen LogP contribution >= 0.6 is 0 Å². The number of piperidine rings is 1. The Morgan fingerprint density at radius 3 is 3.00 bits per heavy atom. The number of hydrogen-bond donors (Lipinski definition) is 2. The van der Waals surface area contributed by atoms with Crippen molar-refractivity contribution in [2.24, 2.45) is 5.92 Å². The third-order valence-electron chi connectivity index (χ3n) is 2.96. The molecule has 2 N–H and O–H groups in total. The van der Waals surface area contributed by atoms with Gasteiger partial charge in [-0.1, -0.05) is 0 Å². The maximum atomic E-state index is 11.7. The molecule has 1 aliphatic rings. The first-order valence-corrected chi connectivity index (χ1v) is 5.15. The van der Waals surface area contributed by atoms with Crippen LogP contribution in [0.15, 0.2) is 12.4 Å². The highest BCUT2D eigenvalue weighted by Crippen LogP contribution is 2.27. The number of amides is 1. The number of nitrogens with one attached hydrogen (secondary N) is 1. The molecule has 0 spiro atoms. The average Bonchev–Trinajstić information content (AvgIpc) is 2.70. The Bertz CT molecular complexity index is 401.